The minimum absolute atomic E-state index is 0.0662. The highest BCUT2D eigenvalue weighted by Crippen LogP contribution is 2.33. The molecule has 2 aromatic carbocycles. The van der Waals surface area contributed by atoms with E-state index in [1.165, 1.54) is 0 Å². The third kappa shape index (κ3) is 4.81. The summed E-state index contributed by atoms with van der Waals surface area (Å²) in [6.45, 7) is 4.00. The molecule has 1 aromatic heterocycles. The van der Waals surface area contributed by atoms with Crippen LogP contribution in [0.3, 0.4) is 0 Å². The van der Waals surface area contributed by atoms with Crippen LogP contribution in [0.15, 0.2) is 62.6 Å². The molecule has 160 valence electrons. The van der Waals surface area contributed by atoms with E-state index in [0.29, 0.717) is 10.3 Å². The van der Waals surface area contributed by atoms with Gasteiger partial charge in [0.05, 0.1) is 10.2 Å². The molecule has 0 aliphatic carbocycles. The maximum atomic E-state index is 14.5. The second-order valence-corrected chi connectivity index (χ2v) is 6.55. The van der Waals surface area contributed by atoms with Crippen LogP contribution in [-0.4, -0.2) is 9.13 Å². The lowest BCUT2D eigenvalue weighted by atomic mass is 10.2. The van der Waals surface area contributed by atoms with Crippen LogP contribution in [0, 0.1) is 5.82 Å². The van der Waals surface area contributed by atoms with E-state index in [2.05, 4.69) is 15.9 Å². The van der Waals surface area contributed by atoms with Gasteiger partial charge in [-0.05, 0) is 34.1 Å². The summed E-state index contributed by atoms with van der Waals surface area (Å²) >= 11 is 3.12. The second kappa shape index (κ2) is 9.29. The Morgan fingerprint density at radius 2 is 1.60 bits per heavy atom. The number of para-hydroxylation sites is 1. The Labute approximate surface area is 177 Å². The van der Waals surface area contributed by atoms with Gasteiger partial charge in [-0.3, -0.25) is 9.36 Å². The standard InChI is InChI=1S/C18H11BrF4N2O3.C2H6/c1-24-15(18(21,22)23)9-16(26)25(17(24)27)13-8-14(11(19)7-12(13)20)28-10-5-3-2-4-6-10;1-2/h2-9H,1H3;1-2H3. The van der Waals surface area contributed by atoms with Crippen molar-refractivity contribution in [1.82, 2.24) is 9.13 Å². The number of ether oxygens (including phenoxy) is 1. The van der Waals surface area contributed by atoms with Gasteiger partial charge in [0.2, 0.25) is 0 Å². The van der Waals surface area contributed by atoms with Crippen molar-refractivity contribution in [3.8, 4) is 17.2 Å². The summed E-state index contributed by atoms with van der Waals surface area (Å²) in [6.07, 6.45) is -4.91. The molecule has 10 heteroatoms. The number of alkyl halides is 3. The second-order valence-electron chi connectivity index (χ2n) is 5.69. The molecule has 30 heavy (non-hydrogen) atoms. The number of benzene rings is 2. The van der Waals surface area contributed by atoms with Gasteiger partial charge in [0, 0.05) is 19.2 Å². The first-order valence-electron chi connectivity index (χ1n) is 8.72. The normalized spacial score (nSPS) is 10.9. The van der Waals surface area contributed by atoms with Gasteiger partial charge in [0.25, 0.3) is 5.56 Å². The van der Waals surface area contributed by atoms with Crippen molar-refractivity contribution in [2.45, 2.75) is 20.0 Å². The maximum Gasteiger partial charge on any atom is 0.431 e. The van der Waals surface area contributed by atoms with E-state index in [1.54, 1.807) is 30.3 Å². The van der Waals surface area contributed by atoms with Gasteiger partial charge < -0.3 is 4.74 Å². The van der Waals surface area contributed by atoms with Gasteiger partial charge in [-0.2, -0.15) is 13.2 Å². The van der Waals surface area contributed by atoms with Gasteiger partial charge >= 0.3 is 11.9 Å². The molecular formula is C20H17BrF4N2O3. The summed E-state index contributed by atoms with van der Waals surface area (Å²) in [5.74, 6) is -0.531. The van der Waals surface area contributed by atoms with E-state index in [9.17, 15) is 27.2 Å². The first-order valence-corrected chi connectivity index (χ1v) is 9.51. The zero-order chi connectivity index (χ0) is 22.6. The van der Waals surface area contributed by atoms with E-state index in [0.717, 1.165) is 19.2 Å². The molecule has 0 atom stereocenters. The molecule has 0 fully saturated rings. The third-order valence-electron chi connectivity index (χ3n) is 3.82. The van der Waals surface area contributed by atoms with Gasteiger partial charge in [0.1, 0.15) is 23.0 Å². The number of halogens is 5. The van der Waals surface area contributed by atoms with Crippen molar-refractivity contribution >= 4 is 15.9 Å². The van der Waals surface area contributed by atoms with E-state index in [1.807, 2.05) is 13.8 Å². The molecule has 0 bridgehead atoms. The summed E-state index contributed by atoms with van der Waals surface area (Å²) in [5, 5.41) is 0. The van der Waals surface area contributed by atoms with E-state index >= 15 is 0 Å². The molecule has 0 saturated carbocycles. The summed E-state index contributed by atoms with van der Waals surface area (Å²) in [5.41, 5.74) is -4.63. The quantitative estimate of drug-likeness (QED) is 0.471. The minimum Gasteiger partial charge on any atom is -0.456 e. The number of hydrogen-bond acceptors (Lipinski definition) is 3. The SMILES string of the molecule is CC.Cn1c(C(F)(F)F)cc(=O)n(-c2cc(Oc3ccccc3)c(Br)cc2F)c1=O. The van der Waals surface area contributed by atoms with E-state index < -0.39 is 34.6 Å². The smallest absolute Gasteiger partial charge is 0.431 e. The van der Waals surface area contributed by atoms with Gasteiger partial charge in [-0.15, -0.1) is 0 Å². The molecule has 0 aliphatic rings. The lowest BCUT2D eigenvalue weighted by molar-refractivity contribution is -0.144. The van der Waals surface area contributed by atoms with Crippen molar-refractivity contribution in [1.29, 1.82) is 0 Å². The Hall–Kier alpha value is -2.88. The summed E-state index contributed by atoms with van der Waals surface area (Å²) in [6, 6.07) is 10.6. The number of aromatic nitrogens is 2. The lowest BCUT2D eigenvalue weighted by Gasteiger charge is -2.15. The van der Waals surface area contributed by atoms with Crippen molar-refractivity contribution in [3.05, 3.63) is 85.4 Å². The first-order chi connectivity index (χ1) is 14.1. The fourth-order valence-corrected chi connectivity index (χ4v) is 2.90. The van der Waals surface area contributed by atoms with E-state index in [-0.39, 0.29) is 20.9 Å². The van der Waals surface area contributed by atoms with E-state index in [4.69, 9.17) is 4.74 Å². The molecular weight excluding hydrogens is 472 g/mol. The fourth-order valence-electron chi connectivity index (χ4n) is 2.50. The lowest BCUT2D eigenvalue weighted by Crippen LogP contribution is -2.41. The predicted molar refractivity (Wildman–Crippen MR) is 108 cm³/mol. The largest absolute Gasteiger partial charge is 0.456 e. The topological polar surface area (TPSA) is 53.2 Å². The molecule has 0 aliphatic heterocycles. The Kier molecular flexibility index (Phi) is 7.25. The van der Waals surface area contributed by atoms with Gasteiger partial charge in [0.15, 0.2) is 0 Å². The highest BCUT2D eigenvalue weighted by Gasteiger charge is 2.35. The Morgan fingerprint density at radius 1 is 1.00 bits per heavy atom. The summed E-state index contributed by atoms with van der Waals surface area (Å²) < 4.78 is 59.7. The average molecular weight is 489 g/mol. The van der Waals surface area contributed by atoms with Crippen molar-refractivity contribution in [2.24, 2.45) is 7.05 Å². The molecule has 0 N–H and O–H groups in total. The van der Waals surface area contributed by atoms with Crippen LogP contribution in [0.2, 0.25) is 0 Å². The zero-order valence-corrected chi connectivity index (χ0v) is 17.7. The Balaban J connectivity index is 0.00000155. The van der Waals surface area contributed by atoms with Crippen molar-refractivity contribution in [2.75, 3.05) is 0 Å². The minimum atomic E-state index is -4.91. The highest BCUT2D eigenvalue weighted by molar-refractivity contribution is 9.10. The zero-order valence-electron chi connectivity index (χ0n) is 16.1. The Bertz CT molecular complexity index is 1160. The summed E-state index contributed by atoms with van der Waals surface area (Å²) in [4.78, 5) is 24.6. The molecule has 3 rings (SSSR count). The molecule has 0 amide bonds. The van der Waals surface area contributed by atoms with Crippen molar-refractivity contribution in [3.63, 3.8) is 0 Å². The molecule has 3 aromatic rings. The number of nitrogens with zero attached hydrogens (tertiary/aromatic N) is 2. The van der Waals surface area contributed by atoms with Crippen LogP contribution in [0.4, 0.5) is 17.6 Å². The maximum absolute atomic E-state index is 14.5. The average Bonchev–Trinajstić information content (AvgIpc) is 2.69. The van der Waals surface area contributed by atoms with Crippen LogP contribution in [0.5, 0.6) is 11.5 Å². The van der Waals surface area contributed by atoms with Gasteiger partial charge in [-0.1, -0.05) is 32.0 Å². The van der Waals surface area contributed by atoms with Crippen LogP contribution < -0.4 is 16.0 Å². The van der Waals surface area contributed by atoms with Crippen LogP contribution in [-0.2, 0) is 13.2 Å². The highest BCUT2D eigenvalue weighted by atomic mass is 79.9. The first kappa shape index (κ1) is 23.4. The van der Waals surface area contributed by atoms with Crippen molar-refractivity contribution < 1.29 is 22.3 Å². The Morgan fingerprint density at radius 3 is 2.17 bits per heavy atom. The monoisotopic (exact) mass is 488 g/mol. The molecule has 1 heterocycles. The van der Waals surface area contributed by atoms with Crippen LogP contribution >= 0.6 is 15.9 Å². The number of rotatable bonds is 3. The number of hydrogen-bond donors (Lipinski definition) is 0. The summed E-state index contributed by atoms with van der Waals surface area (Å²) in [7, 11) is 0.846. The molecule has 5 nitrogen and oxygen atoms in total. The third-order valence-corrected chi connectivity index (χ3v) is 4.44. The van der Waals surface area contributed by atoms with Crippen LogP contribution in [0.25, 0.3) is 5.69 Å². The molecule has 0 saturated heterocycles. The molecule has 0 unspecified atom stereocenters. The fraction of sp³-hybridized carbons (Fsp3) is 0.200. The molecule has 0 spiro atoms. The van der Waals surface area contributed by atoms with Gasteiger partial charge in [-0.25, -0.2) is 13.8 Å². The molecule has 0 radical (unpaired) electrons. The van der Waals surface area contributed by atoms with Crippen LogP contribution in [0.1, 0.15) is 19.5 Å². The predicted octanol–water partition coefficient (Wildman–Crippen LogP) is 5.28.